The van der Waals surface area contributed by atoms with Crippen molar-refractivity contribution < 1.29 is 4.74 Å². The van der Waals surface area contributed by atoms with Gasteiger partial charge in [-0.15, -0.1) is 0 Å². The van der Waals surface area contributed by atoms with Gasteiger partial charge in [0.25, 0.3) is 0 Å². The first-order chi connectivity index (χ1) is 6.68. The summed E-state index contributed by atoms with van der Waals surface area (Å²) in [7, 11) is 4.05. The number of aromatic nitrogens is 2. The number of rotatable bonds is 5. The van der Waals surface area contributed by atoms with Gasteiger partial charge < -0.3 is 9.64 Å². The summed E-state index contributed by atoms with van der Waals surface area (Å²) in [6, 6.07) is 0. The molecule has 5 heteroatoms. The topological polar surface area (TPSA) is 38.2 Å². The molecule has 0 spiro atoms. The third kappa shape index (κ3) is 4.39. The highest BCUT2D eigenvalue weighted by molar-refractivity contribution is 6.29. The predicted molar refractivity (Wildman–Crippen MR) is 55.7 cm³/mol. The minimum Gasteiger partial charge on any atom is -0.476 e. The fourth-order valence-electron chi connectivity index (χ4n) is 0.953. The van der Waals surface area contributed by atoms with Crippen molar-refractivity contribution >= 4 is 11.6 Å². The van der Waals surface area contributed by atoms with Crippen LogP contribution >= 0.6 is 11.6 Å². The molecule has 0 unspecified atom stereocenters. The van der Waals surface area contributed by atoms with Gasteiger partial charge >= 0.3 is 0 Å². The molecule has 0 N–H and O–H groups in total. The molecule has 0 radical (unpaired) electrons. The number of hydrogen-bond donors (Lipinski definition) is 0. The van der Waals surface area contributed by atoms with Crippen molar-refractivity contribution in [1.82, 2.24) is 14.9 Å². The smallest absolute Gasteiger partial charge is 0.233 e. The zero-order valence-corrected chi connectivity index (χ0v) is 9.16. The minimum absolute atomic E-state index is 0.357. The van der Waals surface area contributed by atoms with Crippen molar-refractivity contribution in [3.8, 4) is 5.88 Å². The summed E-state index contributed by atoms with van der Waals surface area (Å²) >= 11 is 5.65. The summed E-state index contributed by atoms with van der Waals surface area (Å²) in [5, 5.41) is 0.357. The maximum atomic E-state index is 5.65. The van der Waals surface area contributed by atoms with Crippen molar-refractivity contribution in [2.24, 2.45) is 0 Å². The lowest BCUT2D eigenvalue weighted by molar-refractivity contribution is 0.272. The molecular formula is C9H14ClN3O. The van der Waals surface area contributed by atoms with E-state index in [1.54, 1.807) is 6.20 Å². The number of halogens is 1. The molecule has 0 atom stereocenters. The van der Waals surface area contributed by atoms with E-state index in [9.17, 15) is 0 Å². The van der Waals surface area contributed by atoms with Crippen LogP contribution in [0.1, 0.15) is 6.42 Å². The molecule has 0 saturated heterocycles. The zero-order chi connectivity index (χ0) is 10.4. The maximum absolute atomic E-state index is 5.65. The van der Waals surface area contributed by atoms with Crippen molar-refractivity contribution in [3.05, 3.63) is 17.5 Å². The largest absolute Gasteiger partial charge is 0.476 e. The molecule has 0 amide bonds. The van der Waals surface area contributed by atoms with E-state index >= 15 is 0 Å². The van der Waals surface area contributed by atoms with Crippen LogP contribution in [-0.4, -0.2) is 42.1 Å². The minimum atomic E-state index is 0.357. The van der Waals surface area contributed by atoms with Crippen LogP contribution in [0.25, 0.3) is 0 Å². The fraction of sp³-hybridized carbons (Fsp3) is 0.556. The lowest BCUT2D eigenvalue weighted by Gasteiger charge is -2.09. The van der Waals surface area contributed by atoms with Crippen LogP contribution in [0.3, 0.4) is 0 Å². The molecule has 78 valence electrons. The van der Waals surface area contributed by atoms with Crippen molar-refractivity contribution in [2.75, 3.05) is 27.2 Å². The molecule has 0 fully saturated rings. The van der Waals surface area contributed by atoms with Crippen LogP contribution in [0.15, 0.2) is 12.4 Å². The summed E-state index contributed by atoms with van der Waals surface area (Å²) in [4.78, 5) is 9.93. The van der Waals surface area contributed by atoms with Gasteiger partial charge in [0.1, 0.15) is 0 Å². The Morgan fingerprint density at radius 3 is 2.86 bits per heavy atom. The predicted octanol–water partition coefficient (Wildman–Crippen LogP) is 1.46. The molecule has 0 aliphatic heterocycles. The second-order valence-corrected chi connectivity index (χ2v) is 3.57. The second kappa shape index (κ2) is 5.78. The first-order valence-electron chi connectivity index (χ1n) is 4.43. The Morgan fingerprint density at radius 2 is 2.21 bits per heavy atom. The molecule has 4 nitrogen and oxygen atoms in total. The van der Waals surface area contributed by atoms with Gasteiger partial charge in [-0.25, -0.2) is 0 Å². The monoisotopic (exact) mass is 215 g/mol. The molecule has 1 rings (SSSR count). The normalized spacial score (nSPS) is 10.6. The summed E-state index contributed by atoms with van der Waals surface area (Å²) in [5.74, 6) is 0.483. The number of hydrogen-bond acceptors (Lipinski definition) is 4. The zero-order valence-electron chi connectivity index (χ0n) is 8.40. The highest BCUT2D eigenvalue weighted by Crippen LogP contribution is 2.08. The quantitative estimate of drug-likeness (QED) is 0.698. The van der Waals surface area contributed by atoms with Crippen molar-refractivity contribution in [2.45, 2.75) is 6.42 Å². The van der Waals surface area contributed by atoms with E-state index in [1.807, 2.05) is 14.1 Å². The molecule has 0 saturated carbocycles. The van der Waals surface area contributed by atoms with E-state index in [-0.39, 0.29) is 0 Å². The molecule has 0 aliphatic carbocycles. The van der Waals surface area contributed by atoms with Gasteiger partial charge in [-0.05, 0) is 20.5 Å². The molecule has 1 heterocycles. The SMILES string of the molecule is CN(C)CCCOc1cncc(Cl)n1. The molecule has 14 heavy (non-hydrogen) atoms. The van der Waals surface area contributed by atoms with Crippen molar-refractivity contribution in [1.29, 1.82) is 0 Å². The van der Waals surface area contributed by atoms with Gasteiger partial charge in [0.15, 0.2) is 5.15 Å². The Bertz CT molecular complexity index is 281. The summed E-state index contributed by atoms with van der Waals surface area (Å²) in [6.45, 7) is 1.63. The van der Waals surface area contributed by atoms with Gasteiger partial charge in [0.2, 0.25) is 5.88 Å². The summed E-state index contributed by atoms with van der Waals surface area (Å²) in [5.41, 5.74) is 0. The molecule has 1 aromatic heterocycles. The van der Waals surface area contributed by atoms with E-state index in [0.29, 0.717) is 17.6 Å². The third-order valence-electron chi connectivity index (χ3n) is 1.58. The standard InChI is InChI=1S/C9H14ClN3O/c1-13(2)4-3-5-14-9-7-11-6-8(10)12-9/h6-7H,3-5H2,1-2H3. The second-order valence-electron chi connectivity index (χ2n) is 3.19. The van der Waals surface area contributed by atoms with Crippen LogP contribution in [0.5, 0.6) is 5.88 Å². The van der Waals surface area contributed by atoms with Gasteiger partial charge in [0, 0.05) is 6.54 Å². The number of nitrogens with zero attached hydrogens (tertiary/aromatic N) is 3. The average Bonchev–Trinajstić information content (AvgIpc) is 2.12. The lowest BCUT2D eigenvalue weighted by atomic mass is 10.4. The van der Waals surface area contributed by atoms with Crippen LogP contribution in [0, 0.1) is 0 Å². The Balaban J connectivity index is 2.25. The first-order valence-corrected chi connectivity index (χ1v) is 4.81. The van der Waals surface area contributed by atoms with Crippen LogP contribution in [-0.2, 0) is 0 Å². The first kappa shape index (κ1) is 11.2. The van der Waals surface area contributed by atoms with E-state index in [0.717, 1.165) is 13.0 Å². The van der Waals surface area contributed by atoms with Crippen LogP contribution in [0.4, 0.5) is 0 Å². The van der Waals surface area contributed by atoms with Gasteiger partial charge in [-0.3, -0.25) is 4.98 Å². The highest BCUT2D eigenvalue weighted by Gasteiger charge is 1.97. The average molecular weight is 216 g/mol. The van der Waals surface area contributed by atoms with E-state index < -0.39 is 0 Å². The number of ether oxygens (including phenoxy) is 1. The molecule has 0 aromatic carbocycles. The Hall–Kier alpha value is -0.870. The van der Waals surface area contributed by atoms with E-state index in [4.69, 9.17) is 16.3 Å². The van der Waals surface area contributed by atoms with E-state index in [2.05, 4.69) is 14.9 Å². The molecule has 0 aliphatic rings. The third-order valence-corrected chi connectivity index (χ3v) is 1.76. The van der Waals surface area contributed by atoms with Crippen LogP contribution in [0.2, 0.25) is 5.15 Å². The summed E-state index contributed by atoms with van der Waals surface area (Å²) < 4.78 is 5.35. The Labute approximate surface area is 88.9 Å². The molecule has 1 aromatic rings. The highest BCUT2D eigenvalue weighted by atomic mass is 35.5. The van der Waals surface area contributed by atoms with Gasteiger partial charge in [0.05, 0.1) is 19.0 Å². The van der Waals surface area contributed by atoms with E-state index in [1.165, 1.54) is 6.20 Å². The summed E-state index contributed by atoms with van der Waals surface area (Å²) in [6.07, 6.45) is 4.00. The van der Waals surface area contributed by atoms with Crippen molar-refractivity contribution in [3.63, 3.8) is 0 Å². The molecule has 0 bridgehead atoms. The van der Waals surface area contributed by atoms with Gasteiger partial charge in [-0.2, -0.15) is 4.98 Å². The maximum Gasteiger partial charge on any atom is 0.233 e. The Kier molecular flexibility index (Phi) is 4.62. The van der Waals surface area contributed by atoms with Crippen LogP contribution < -0.4 is 4.74 Å². The fourth-order valence-corrected chi connectivity index (χ4v) is 1.09. The Morgan fingerprint density at radius 1 is 1.43 bits per heavy atom. The molecular weight excluding hydrogens is 202 g/mol. The lowest BCUT2D eigenvalue weighted by Crippen LogP contribution is -2.15. The van der Waals surface area contributed by atoms with Gasteiger partial charge in [-0.1, -0.05) is 11.6 Å².